The van der Waals surface area contributed by atoms with Crippen LogP contribution < -0.4 is 16.0 Å². The zero-order valence-electron chi connectivity index (χ0n) is 15.1. The highest BCUT2D eigenvalue weighted by Gasteiger charge is 2.20. The lowest BCUT2D eigenvalue weighted by Crippen LogP contribution is -2.51. The van der Waals surface area contributed by atoms with Gasteiger partial charge in [0.1, 0.15) is 5.82 Å². The molecule has 1 fully saturated rings. The van der Waals surface area contributed by atoms with E-state index in [0.29, 0.717) is 19.0 Å². The van der Waals surface area contributed by atoms with Crippen molar-refractivity contribution in [1.29, 1.82) is 0 Å². The Kier molecular flexibility index (Phi) is 11.8. The Morgan fingerprint density at radius 2 is 1.92 bits per heavy atom. The van der Waals surface area contributed by atoms with Gasteiger partial charge >= 0.3 is 0 Å². The molecule has 144 valence electrons. The molecule has 0 aromatic carbocycles. The number of nitrogens with zero attached hydrogens (tertiary/aromatic N) is 3. The van der Waals surface area contributed by atoms with Gasteiger partial charge in [0.2, 0.25) is 5.91 Å². The number of nitrogens with two attached hydrogens (primary N) is 1. The summed E-state index contributed by atoms with van der Waals surface area (Å²) in [5.41, 5.74) is 5.74. The lowest BCUT2D eigenvalue weighted by molar-refractivity contribution is -0.123. The van der Waals surface area contributed by atoms with Gasteiger partial charge in [-0.3, -0.25) is 9.69 Å². The Morgan fingerprint density at radius 3 is 2.44 bits per heavy atom. The highest BCUT2D eigenvalue weighted by atomic mass is 35.5. The minimum absolute atomic E-state index is 0. The van der Waals surface area contributed by atoms with Crippen LogP contribution in [0.15, 0.2) is 24.4 Å². The lowest BCUT2D eigenvalue weighted by Gasteiger charge is -2.35. The van der Waals surface area contributed by atoms with Gasteiger partial charge in [-0.2, -0.15) is 0 Å². The Bertz CT molecular complexity index is 481. The van der Waals surface area contributed by atoms with Crippen molar-refractivity contribution in [3.05, 3.63) is 24.4 Å². The molecule has 1 aromatic rings. The second-order valence-electron chi connectivity index (χ2n) is 6.58. The van der Waals surface area contributed by atoms with Crippen LogP contribution in [0, 0.1) is 5.92 Å². The Hall–Kier alpha value is -1.08. The molecule has 6 nitrogen and oxygen atoms in total. The maximum atomic E-state index is 12.2. The summed E-state index contributed by atoms with van der Waals surface area (Å²) in [6, 6.07) is 6.04. The van der Waals surface area contributed by atoms with Crippen molar-refractivity contribution in [2.45, 2.75) is 26.3 Å². The third-order valence-corrected chi connectivity index (χ3v) is 4.12. The number of halogens is 2. The average molecular weight is 392 g/mol. The fraction of sp³-hybridized carbons (Fsp3) is 0.647. The van der Waals surface area contributed by atoms with Crippen molar-refractivity contribution in [3.63, 3.8) is 0 Å². The molecule has 2 rings (SSSR count). The van der Waals surface area contributed by atoms with Crippen LogP contribution in [0.5, 0.6) is 0 Å². The molecule has 0 spiro atoms. The minimum Gasteiger partial charge on any atom is -0.354 e. The molecule has 1 aliphatic heterocycles. The number of piperazine rings is 1. The number of anilines is 1. The summed E-state index contributed by atoms with van der Waals surface area (Å²) in [7, 11) is 0. The van der Waals surface area contributed by atoms with E-state index < -0.39 is 0 Å². The van der Waals surface area contributed by atoms with Crippen LogP contribution in [-0.4, -0.2) is 61.1 Å². The number of hydrogen-bond acceptors (Lipinski definition) is 5. The maximum Gasteiger partial charge on any atom is 0.234 e. The molecule has 2 heterocycles. The summed E-state index contributed by atoms with van der Waals surface area (Å²) in [6.07, 6.45) is 2.74. The quantitative estimate of drug-likeness (QED) is 0.736. The predicted molar refractivity (Wildman–Crippen MR) is 108 cm³/mol. The van der Waals surface area contributed by atoms with Gasteiger partial charge in [-0.15, -0.1) is 24.8 Å². The SMILES string of the molecule is CC(C)CC(CN)NC(=O)CN1CCN(c2ccccn2)CC1.Cl.Cl. The van der Waals surface area contributed by atoms with Gasteiger partial charge in [0.05, 0.1) is 6.54 Å². The van der Waals surface area contributed by atoms with E-state index in [2.05, 4.69) is 33.9 Å². The third-order valence-electron chi connectivity index (χ3n) is 4.12. The summed E-state index contributed by atoms with van der Waals surface area (Å²) in [5, 5.41) is 3.06. The summed E-state index contributed by atoms with van der Waals surface area (Å²) >= 11 is 0. The fourth-order valence-electron chi connectivity index (χ4n) is 2.94. The zero-order valence-corrected chi connectivity index (χ0v) is 16.7. The van der Waals surface area contributed by atoms with Gasteiger partial charge in [0, 0.05) is 45.0 Å². The van der Waals surface area contributed by atoms with Gasteiger partial charge in [-0.25, -0.2) is 4.98 Å². The van der Waals surface area contributed by atoms with E-state index in [9.17, 15) is 4.79 Å². The number of carbonyl (C=O) groups excluding carboxylic acids is 1. The molecule has 0 saturated carbocycles. The molecule has 8 heteroatoms. The van der Waals surface area contributed by atoms with E-state index in [1.165, 1.54) is 0 Å². The van der Waals surface area contributed by atoms with E-state index in [1.54, 1.807) is 0 Å². The first-order chi connectivity index (χ1) is 11.1. The first kappa shape index (κ1) is 23.9. The number of carbonyl (C=O) groups is 1. The topological polar surface area (TPSA) is 74.5 Å². The van der Waals surface area contributed by atoms with Crippen molar-refractivity contribution in [2.75, 3.05) is 44.2 Å². The Labute approximate surface area is 163 Å². The molecule has 25 heavy (non-hydrogen) atoms. The van der Waals surface area contributed by atoms with E-state index >= 15 is 0 Å². The smallest absolute Gasteiger partial charge is 0.234 e. The molecule has 1 unspecified atom stereocenters. The molecular formula is C17H31Cl2N5O. The van der Waals surface area contributed by atoms with E-state index in [1.807, 2.05) is 24.4 Å². The number of aromatic nitrogens is 1. The van der Waals surface area contributed by atoms with Crippen LogP contribution in [-0.2, 0) is 4.79 Å². The van der Waals surface area contributed by atoms with Crippen LogP contribution in [0.2, 0.25) is 0 Å². The van der Waals surface area contributed by atoms with Gasteiger partial charge in [-0.05, 0) is 24.5 Å². The van der Waals surface area contributed by atoms with Gasteiger partial charge in [0.15, 0.2) is 0 Å². The van der Waals surface area contributed by atoms with Gasteiger partial charge in [-0.1, -0.05) is 19.9 Å². The maximum absolute atomic E-state index is 12.2. The molecule has 0 aliphatic carbocycles. The molecule has 1 atom stereocenters. The largest absolute Gasteiger partial charge is 0.354 e. The van der Waals surface area contributed by atoms with Crippen molar-refractivity contribution < 1.29 is 4.79 Å². The van der Waals surface area contributed by atoms with Crippen LogP contribution in [0.4, 0.5) is 5.82 Å². The fourth-order valence-corrected chi connectivity index (χ4v) is 2.94. The molecular weight excluding hydrogens is 361 g/mol. The predicted octanol–water partition coefficient (Wildman–Crippen LogP) is 1.54. The zero-order chi connectivity index (χ0) is 16.7. The second kappa shape index (κ2) is 12.3. The first-order valence-electron chi connectivity index (χ1n) is 8.46. The first-order valence-corrected chi connectivity index (χ1v) is 8.46. The summed E-state index contributed by atoms with van der Waals surface area (Å²) in [5.74, 6) is 1.62. The monoisotopic (exact) mass is 391 g/mol. The van der Waals surface area contributed by atoms with E-state index in [-0.39, 0.29) is 36.8 Å². The van der Waals surface area contributed by atoms with Crippen molar-refractivity contribution in [2.24, 2.45) is 11.7 Å². The normalized spacial score (nSPS) is 15.9. The number of rotatable bonds is 7. The standard InChI is InChI=1S/C17H29N5O.2ClH/c1-14(2)11-15(12-18)20-17(23)13-21-7-9-22(10-8-21)16-5-3-4-6-19-16;;/h3-6,14-15H,7-13,18H2,1-2H3,(H,20,23);2*1H. The van der Waals surface area contributed by atoms with Crippen molar-refractivity contribution in [3.8, 4) is 0 Å². The van der Waals surface area contributed by atoms with Crippen molar-refractivity contribution in [1.82, 2.24) is 15.2 Å². The molecule has 1 aromatic heterocycles. The number of amides is 1. The molecule has 0 radical (unpaired) electrons. The number of pyridine rings is 1. The van der Waals surface area contributed by atoms with Gasteiger partial charge < -0.3 is 16.0 Å². The molecule has 1 saturated heterocycles. The molecule has 0 bridgehead atoms. The third kappa shape index (κ3) is 8.23. The minimum atomic E-state index is 0. The Balaban J connectivity index is 0.00000288. The highest BCUT2D eigenvalue weighted by Crippen LogP contribution is 2.12. The lowest BCUT2D eigenvalue weighted by atomic mass is 10.0. The van der Waals surface area contributed by atoms with Crippen LogP contribution in [0.1, 0.15) is 20.3 Å². The number of nitrogens with one attached hydrogen (secondary N) is 1. The molecule has 3 N–H and O–H groups in total. The molecule has 1 amide bonds. The van der Waals surface area contributed by atoms with Crippen molar-refractivity contribution >= 4 is 36.5 Å². The Morgan fingerprint density at radius 1 is 1.24 bits per heavy atom. The van der Waals surface area contributed by atoms with E-state index in [4.69, 9.17) is 5.73 Å². The van der Waals surface area contributed by atoms with Crippen LogP contribution in [0.25, 0.3) is 0 Å². The van der Waals surface area contributed by atoms with Crippen LogP contribution >= 0.6 is 24.8 Å². The van der Waals surface area contributed by atoms with E-state index in [0.717, 1.165) is 38.4 Å². The number of hydrogen-bond donors (Lipinski definition) is 2. The summed E-state index contributed by atoms with van der Waals surface area (Å²) < 4.78 is 0. The second-order valence-corrected chi connectivity index (χ2v) is 6.58. The molecule has 1 aliphatic rings. The summed E-state index contributed by atoms with van der Waals surface area (Å²) in [4.78, 5) is 21.0. The average Bonchev–Trinajstić information content (AvgIpc) is 2.55. The highest BCUT2D eigenvalue weighted by molar-refractivity contribution is 5.85. The summed E-state index contributed by atoms with van der Waals surface area (Å²) in [6.45, 7) is 8.79. The van der Waals surface area contributed by atoms with Crippen LogP contribution in [0.3, 0.4) is 0 Å². The van der Waals surface area contributed by atoms with Gasteiger partial charge in [0.25, 0.3) is 0 Å².